The summed E-state index contributed by atoms with van der Waals surface area (Å²) < 4.78 is 1.88. The number of nitrogens with one attached hydrogen (secondary N) is 1. The van der Waals surface area contributed by atoms with E-state index in [1.54, 1.807) is 0 Å². The number of unbranched alkanes of at least 4 members (excludes halogenated alkanes) is 1. The highest BCUT2D eigenvalue weighted by molar-refractivity contribution is 6.35. The minimum absolute atomic E-state index is 0.0433. The van der Waals surface area contributed by atoms with Crippen molar-refractivity contribution in [2.45, 2.75) is 19.8 Å². The Hall–Kier alpha value is -1.48. The maximum absolute atomic E-state index is 12.0. The van der Waals surface area contributed by atoms with Crippen LogP contribution in [-0.4, -0.2) is 17.0 Å². The summed E-state index contributed by atoms with van der Waals surface area (Å²) in [7, 11) is 1.88. The maximum Gasteiger partial charge on any atom is 0.267 e. The molecule has 0 saturated heterocycles. The third-order valence-electron chi connectivity index (χ3n) is 3.08. The van der Waals surface area contributed by atoms with Crippen LogP contribution in [0.1, 0.15) is 30.3 Å². The van der Waals surface area contributed by atoms with Gasteiger partial charge in [-0.25, -0.2) is 0 Å². The highest BCUT2D eigenvalue weighted by atomic mass is 35.5. The van der Waals surface area contributed by atoms with Crippen LogP contribution in [0.3, 0.4) is 0 Å². The van der Waals surface area contributed by atoms with Crippen LogP contribution in [0.2, 0.25) is 5.02 Å². The number of nitrogens with zero attached hydrogens (tertiary/aromatic N) is 1. The molecule has 0 aliphatic heterocycles. The van der Waals surface area contributed by atoms with Gasteiger partial charge in [-0.3, -0.25) is 4.79 Å². The van der Waals surface area contributed by atoms with Crippen LogP contribution in [0.15, 0.2) is 24.3 Å². The van der Waals surface area contributed by atoms with E-state index in [4.69, 9.17) is 11.6 Å². The van der Waals surface area contributed by atoms with Crippen molar-refractivity contribution in [3.63, 3.8) is 0 Å². The van der Waals surface area contributed by atoms with E-state index in [2.05, 4.69) is 12.2 Å². The molecular formula is C14H17ClN2O. The highest BCUT2D eigenvalue weighted by Crippen LogP contribution is 2.26. The first kappa shape index (κ1) is 13.0. The summed E-state index contributed by atoms with van der Waals surface area (Å²) in [6.45, 7) is 2.81. The molecule has 1 aromatic carbocycles. The van der Waals surface area contributed by atoms with E-state index in [1.807, 2.05) is 35.9 Å². The zero-order valence-electron chi connectivity index (χ0n) is 10.7. The second-order valence-electron chi connectivity index (χ2n) is 4.37. The number of benzene rings is 1. The molecule has 0 unspecified atom stereocenters. The van der Waals surface area contributed by atoms with E-state index in [0.717, 1.165) is 23.7 Å². The number of halogens is 1. The van der Waals surface area contributed by atoms with Gasteiger partial charge in [0, 0.05) is 29.5 Å². The van der Waals surface area contributed by atoms with Crippen LogP contribution in [0.25, 0.3) is 10.9 Å². The largest absolute Gasteiger partial charge is 0.351 e. The van der Waals surface area contributed by atoms with E-state index >= 15 is 0 Å². The van der Waals surface area contributed by atoms with Crippen LogP contribution in [-0.2, 0) is 7.05 Å². The molecule has 1 amide bonds. The quantitative estimate of drug-likeness (QED) is 0.844. The third-order valence-corrected chi connectivity index (χ3v) is 3.41. The predicted molar refractivity (Wildman–Crippen MR) is 75.2 cm³/mol. The smallest absolute Gasteiger partial charge is 0.267 e. The number of hydrogen-bond acceptors (Lipinski definition) is 1. The molecular weight excluding hydrogens is 248 g/mol. The van der Waals surface area contributed by atoms with E-state index in [1.165, 1.54) is 0 Å². The molecule has 0 spiro atoms. The Morgan fingerprint density at radius 1 is 1.44 bits per heavy atom. The number of fused-ring (bicyclic) bond motifs is 1. The molecule has 0 aliphatic carbocycles. The highest BCUT2D eigenvalue weighted by Gasteiger charge is 2.13. The number of rotatable bonds is 4. The molecule has 2 rings (SSSR count). The molecule has 1 heterocycles. The fourth-order valence-corrected chi connectivity index (χ4v) is 2.24. The van der Waals surface area contributed by atoms with Crippen molar-refractivity contribution in [2.24, 2.45) is 7.05 Å². The number of hydrogen-bond donors (Lipinski definition) is 1. The van der Waals surface area contributed by atoms with Crippen molar-refractivity contribution in [2.75, 3.05) is 6.54 Å². The van der Waals surface area contributed by atoms with Gasteiger partial charge in [0.15, 0.2) is 0 Å². The van der Waals surface area contributed by atoms with Crippen molar-refractivity contribution in [1.82, 2.24) is 9.88 Å². The van der Waals surface area contributed by atoms with Crippen molar-refractivity contribution < 1.29 is 4.79 Å². The lowest BCUT2D eigenvalue weighted by Gasteiger charge is -2.05. The average Bonchev–Trinajstić information content (AvgIpc) is 2.69. The molecule has 18 heavy (non-hydrogen) atoms. The van der Waals surface area contributed by atoms with Crippen molar-refractivity contribution >= 4 is 28.4 Å². The summed E-state index contributed by atoms with van der Waals surface area (Å²) in [6.07, 6.45) is 2.07. The molecule has 0 saturated carbocycles. The van der Waals surface area contributed by atoms with Gasteiger partial charge in [-0.15, -0.1) is 0 Å². The Bertz CT molecular complexity index is 574. The fraction of sp³-hybridized carbons (Fsp3) is 0.357. The van der Waals surface area contributed by atoms with Gasteiger partial charge in [0.1, 0.15) is 5.69 Å². The zero-order chi connectivity index (χ0) is 13.1. The van der Waals surface area contributed by atoms with Gasteiger partial charge < -0.3 is 9.88 Å². The van der Waals surface area contributed by atoms with Crippen LogP contribution < -0.4 is 5.32 Å². The average molecular weight is 265 g/mol. The summed E-state index contributed by atoms with van der Waals surface area (Å²) in [5.41, 5.74) is 1.62. The second-order valence-corrected chi connectivity index (χ2v) is 4.78. The minimum atomic E-state index is -0.0433. The molecule has 0 radical (unpaired) electrons. The van der Waals surface area contributed by atoms with E-state index in [-0.39, 0.29) is 5.91 Å². The first-order valence-electron chi connectivity index (χ1n) is 6.17. The Kier molecular flexibility index (Phi) is 3.92. The Labute approximate surface area is 112 Å². The molecule has 3 nitrogen and oxygen atoms in total. The van der Waals surface area contributed by atoms with Crippen molar-refractivity contribution in [3.05, 3.63) is 35.0 Å². The van der Waals surface area contributed by atoms with E-state index in [0.29, 0.717) is 17.3 Å². The number of aromatic nitrogens is 1. The topological polar surface area (TPSA) is 34.0 Å². The molecule has 1 N–H and O–H groups in total. The monoisotopic (exact) mass is 264 g/mol. The lowest BCUT2D eigenvalue weighted by atomic mass is 10.2. The predicted octanol–water partition coefficient (Wildman–Crippen LogP) is 3.36. The summed E-state index contributed by atoms with van der Waals surface area (Å²) in [5.74, 6) is -0.0433. The normalized spacial score (nSPS) is 10.8. The van der Waals surface area contributed by atoms with Crippen LogP contribution in [0.4, 0.5) is 0 Å². The van der Waals surface area contributed by atoms with E-state index in [9.17, 15) is 4.79 Å². The van der Waals surface area contributed by atoms with Crippen LogP contribution >= 0.6 is 11.6 Å². The maximum atomic E-state index is 12.0. The first-order chi connectivity index (χ1) is 8.65. The lowest BCUT2D eigenvalue weighted by molar-refractivity contribution is 0.0945. The lowest BCUT2D eigenvalue weighted by Crippen LogP contribution is -2.26. The van der Waals surface area contributed by atoms with Gasteiger partial charge in [-0.1, -0.05) is 31.0 Å². The molecule has 1 aromatic heterocycles. The number of carbonyl (C=O) groups is 1. The standard InChI is InChI=1S/C14H17ClN2O/c1-3-4-8-16-14(18)13-9-10-11(15)6-5-7-12(10)17(13)2/h5-7,9H,3-4,8H2,1-2H3,(H,16,18). The summed E-state index contributed by atoms with van der Waals surface area (Å²) >= 11 is 6.13. The first-order valence-corrected chi connectivity index (χ1v) is 6.55. The van der Waals surface area contributed by atoms with Gasteiger partial charge in [-0.05, 0) is 24.6 Å². The molecule has 0 fully saturated rings. The van der Waals surface area contributed by atoms with Gasteiger partial charge >= 0.3 is 0 Å². The number of amides is 1. The zero-order valence-corrected chi connectivity index (χ0v) is 11.4. The van der Waals surface area contributed by atoms with Crippen molar-refractivity contribution in [3.8, 4) is 0 Å². The van der Waals surface area contributed by atoms with Gasteiger partial charge in [0.05, 0.1) is 0 Å². The second kappa shape index (κ2) is 5.44. The molecule has 0 aliphatic rings. The van der Waals surface area contributed by atoms with Crippen LogP contribution in [0, 0.1) is 0 Å². The summed E-state index contributed by atoms with van der Waals surface area (Å²) in [5, 5.41) is 4.51. The molecule has 0 bridgehead atoms. The van der Waals surface area contributed by atoms with Crippen molar-refractivity contribution in [1.29, 1.82) is 0 Å². The Morgan fingerprint density at radius 2 is 2.22 bits per heavy atom. The minimum Gasteiger partial charge on any atom is -0.351 e. The van der Waals surface area contributed by atoms with Gasteiger partial charge in [0.25, 0.3) is 5.91 Å². The van der Waals surface area contributed by atoms with Gasteiger partial charge in [-0.2, -0.15) is 0 Å². The Balaban J connectivity index is 2.31. The molecule has 2 aromatic rings. The van der Waals surface area contributed by atoms with Gasteiger partial charge in [0.2, 0.25) is 0 Å². The van der Waals surface area contributed by atoms with E-state index < -0.39 is 0 Å². The van der Waals surface area contributed by atoms with Crippen LogP contribution in [0.5, 0.6) is 0 Å². The molecule has 96 valence electrons. The SMILES string of the molecule is CCCCNC(=O)c1cc2c(Cl)cccc2n1C. The fourth-order valence-electron chi connectivity index (χ4n) is 2.01. The molecule has 4 heteroatoms. The number of carbonyl (C=O) groups excluding carboxylic acids is 1. The Morgan fingerprint density at radius 3 is 2.89 bits per heavy atom. The summed E-state index contributed by atoms with van der Waals surface area (Å²) in [6, 6.07) is 7.54. The summed E-state index contributed by atoms with van der Waals surface area (Å²) in [4.78, 5) is 12.0. The molecule has 0 atom stereocenters. The third kappa shape index (κ3) is 2.36. The number of aryl methyl sites for hydroxylation is 1.